The van der Waals surface area contributed by atoms with Crippen LogP contribution in [0.25, 0.3) is 0 Å². The number of nitrogens with two attached hydrogens (primary N) is 1. The fourth-order valence-electron chi connectivity index (χ4n) is 1.58. The molecule has 2 rings (SSSR count). The number of halogens is 1. The van der Waals surface area contributed by atoms with Crippen LogP contribution in [0.2, 0.25) is 0 Å². The summed E-state index contributed by atoms with van der Waals surface area (Å²) in [6.07, 6.45) is 1.33. The molecule has 6 nitrogen and oxygen atoms in total. The second kappa shape index (κ2) is 5.96. The van der Waals surface area contributed by atoms with Crippen molar-refractivity contribution in [1.29, 1.82) is 0 Å². The number of nitrogens with one attached hydrogen (secondary N) is 1. The Morgan fingerprint density at radius 1 is 1.33 bits per heavy atom. The van der Waals surface area contributed by atoms with Crippen molar-refractivity contribution in [2.75, 3.05) is 17.1 Å². The molecule has 8 heteroatoms. The summed E-state index contributed by atoms with van der Waals surface area (Å²) < 4.78 is 44.8. The van der Waals surface area contributed by atoms with Crippen LogP contribution in [0, 0.1) is 5.82 Å². The van der Waals surface area contributed by atoms with E-state index in [2.05, 4.69) is 9.71 Å². The molecule has 0 unspecified atom stereocenters. The fraction of sp³-hybridized carbons (Fsp3) is 0.154. The number of anilines is 2. The van der Waals surface area contributed by atoms with Crippen molar-refractivity contribution >= 4 is 21.4 Å². The highest BCUT2D eigenvalue weighted by Gasteiger charge is 2.16. The number of nitrogens with zero attached hydrogens (tertiary/aromatic N) is 1. The zero-order chi connectivity index (χ0) is 15.5. The number of sulfonamides is 1. The van der Waals surface area contributed by atoms with Gasteiger partial charge in [-0.05, 0) is 31.2 Å². The Morgan fingerprint density at radius 3 is 2.67 bits per heavy atom. The van der Waals surface area contributed by atoms with Gasteiger partial charge in [-0.15, -0.1) is 0 Å². The normalized spacial score (nSPS) is 11.1. The van der Waals surface area contributed by atoms with E-state index in [0.29, 0.717) is 12.5 Å². The third-order valence-electron chi connectivity index (χ3n) is 2.56. The van der Waals surface area contributed by atoms with Gasteiger partial charge in [-0.25, -0.2) is 17.8 Å². The van der Waals surface area contributed by atoms with E-state index >= 15 is 0 Å². The Bertz CT molecular complexity index is 733. The zero-order valence-electron chi connectivity index (χ0n) is 11.2. The highest BCUT2D eigenvalue weighted by Crippen LogP contribution is 2.20. The molecule has 1 aromatic heterocycles. The van der Waals surface area contributed by atoms with Gasteiger partial charge in [0.15, 0.2) is 0 Å². The Labute approximate surface area is 121 Å². The van der Waals surface area contributed by atoms with E-state index in [-0.39, 0.29) is 16.3 Å². The van der Waals surface area contributed by atoms with Gasteiger partial charge in [0.25, 0.3) is 10.0 Å². The molecule has 2 aromatic rings. The van der Waals surface area contributed by atoms with E-state index in [4.69, 9.17) is 10.5 Å². The maximum atomic E-state index is 13.1. The van der Waals surface area contributed by atoms with Crippen molar-refractivity contribution in [3.8, 4) is 5.88 Å². The molecule has 0 aliphatic carbocycles. The second-order valence-corrected chi connectivity index (χ2v) is 5.79. The van der Waals surface area contributed by atoms with Crippen LogP contribution in [0.4, 0.5) is 15.8 Å². The molecule has 112 valence electrons. The number of benzene rings is 1. The molecular formula is C13H14FN3O3S. The van der Waals surface area contributed by atoms with Crippen molar-refractivity contribution < 1.29 is 17.5 Å². The van der Waals surface area contributed by atoms with Gasteiger partial charge >= 0.3 is 0 Å². The van der Waals surface area contributed by atoms with Gasteiger partial charge in [0, 0.05) is 6.07 Å². The maximum absolute atomic E-state index is 13.1. The molecule has 1 heterocycles. The van der Waals surface area contributed by atoms with E-state index in [1.165, 1.54) is 12.3 Å². The van der Waals surface area contributed by atoms with Gasteiger partial charge < -0.3 is 10.5 Å². The zero-order valence-corrected chi connectivity index (χ0v) is 12.0. The summed E-state index contributed by atoms with van der Waals surface area (Å²) in [5, 5.41) is 0. The van der Waals surface area contributed by atoms with Gasteiger partial charge in [0.1, 0.15) is 5.82 Å². The second-order valence-electron chi connectivity index (χ2n) is 4.11. The average Bonchev–Trinajstić information content (AvgIpc) is 2.44. The Hall–Kier alpha value is -2.35. The van der Waals surface area contributed by atoms with Gasteiger partial charge in [-0.3, -0.25) is 4.72 Å². The average molecular weight is 311 g/mol. The van der Waals surface area contributed by atoms with E-state index in [9.17, 15) is 12.8 Å². The molecule has 0 spiro atoms. The molecule has 0 aliphatic heterocycles. The van der Waals surface area contributed by atoms with E-state index < -0.39 is 15.8 Å². The van der Waals surface area contributed by atoms with E-state index in [1.807, 2.05) is 6.92 Å². The highest BCUT2D eigenvalue weighted by atomic mass is 32.2. The summed E-state index contributed by atoms with van der Waals surface area (Å²) in [6.45, 7) is 2.28. The number of rotatable bonds is 5. The largest absolute Gasteiger partial charge is 0.478 e. The molecule has 3 N–H and O–H groups in total. The first-order chi connectivity index (χ1) is 9.92. The predicted molar refractivity (Wildman–Crippen MR) is 77.0 cm³/mol. The number of hydrogen-bond donors (Lipinski definition) is 2. The lowest BCUT2D eigenvalue weighted by Gasteiger charge is -2.09. The third kappa shape index (κ3) is 3.60. The molecule has 0 bridgehead atoms. The minimum atomic E-state index is -3.86. The molecule has 0 fully saturated rings. The lowest BCUT2D eigenvalue weighted by Crippen LogP contribution is -2.13. The lowest BCUT2D eigenvalue weighted by molar-refractivity contribution is 0.327. The van der Waals surface area contributed by atoms with Crippen molar-refractivity contribution in [1.82, 2.24) is 4.98 Å². The van der Waals surface area contributed by atoms with Crippen molar-refractivity contribution in [3.05, 3.63) is 42.3 Å². The maximum Gasteiger partial charge on any atom is 0.262 e. The summed E-state index contributed by atoms with van der Waals surface area (Å²) in [7, 11) is -3.86. The van der Waals surface area contributed by atoms with Crippen LogP contribution in [-0.4, -0.2) is 20.0 Å². The molecule has 0 amide bonds. The molecule has 21 heavy (non-hydrogen) atoms. The predicted octanol–water partition coefficient (Wildman–Crippen LogP) is 2.00. The first-order valence-electron chi connectivity index (χ1n) is 6.09. The van der Waals surface area contributed by atoms with Crippen LogP contribution in [0.15, 0.2) is 41.4 Å². The summed E-state index contributed by atoms with van der Waals surface area (Å²) in [4.78, 5) is 3.81. The van der Waals surface area contributed by atoms with Crippen LogP contribution < -0.4 is 15.2 Å². The van der Waals surface area contributed by atoms with Gasteiger partial charge in [-0.1, -0.05) is 0 Å². The van der Waals surface area contributed by atoms with Crippen molar-refractivity contribution in [2.24, 2.45) is 0 Å². The highest BCUT2D eigenvalue weighted by molar-refractivity contribution is 7.92. The van der Waals surface area contributed by atoms with Crippen LogP contribution in [-0.2, 0) is 10.0 Å². The number of ether oxygens (including phenoxy) is 1. The summed E-state index contributed by atoms with van der Waals surface area (Å²) in [5.74, 6) is -0.275. The van der Waals surface area contributed by atoms with Gasteiger partial charge in [0.2, 0.25) is 5.88 Å². The standard InChI is InChI=1S/C13H14FN3O3S/c1-2-20-13-6-3-9(8-16-13)17-21(18,19)10-4-5-11(14)12(15)7-10/h3-8,17H,2,15H2,1H3. The topological polar surface area (TPSA) is 94.3 Å². The van der Waals surface area contributed by atoms with Crippen molar-refractivity contribution in [2.45, 2.75) is 11.8 Å². The minimum absolute atomic E-state index is 0.129. The van der Waals surface area contributed by atoms with E-state index in [0.717, 1.165) is 18.2 Å². The molecular weight excluding hydrogens is 297 g/mol. The van der Waals surface area contributed by atoms with Crippen molar-refractivity contribution in [3.63, 3.8) is 0 Å². The monoisotopic (exact) mass is 311 g/mol. The lowest BCUT2D eigenvalue weighted by atomic mass is 10.3. The molecule has 0 saturated carbocycles. The number of nitrogen functional groups attached to an aromatic ring is 1. The smallest absolute Gasteiger partial charge is 0.262 e. The number of hydrogen-bond acceptors (Lipinski definition) is 5. The SMILES string of the molecule is CCOc1ccc(NS(=O)(=O)c2ccc(F)c(N)c2)cn1. The summed E-state index contributed by atoms with van der Waals surface area (Å²) in [6, 6.07) is 6.25. The van der Waals surface area contributed by atoms with Crippen LogP contribution in [0.3, 0.4) is 0 Å². The van der Waals surface area contributed by atoms with Crippen LogP contribution in [0.5, 0.6) is 5.88 Å². The Kier molecular flexibility index (Phi) is 4.27. The minimum Gasteiger partial charge on any atom is -0.478 e. The summed E-state index contributed by atoms with van der Waals surface area (Å²) in [5.41, 5.74) is 5.40. The molecule has 0 aliphatic rings. The molecule has 1 aromatic carbocycles. The van der Waals surface area contributed by atoms with E-state index in [1.54, 1.807) is 6.07 Å². The third-order valence-corrected chi connectivity index (χ3v) is 3.94. The van der Waals surface area contributed by atoms with Crippen LogP contribution >= 0.6 is 0 Å². The molecule has 0 saturated heterocycles. The Balaban J connectivity index is 2.22. The van der Waals surface area contributed by atoms with Crippen LogP contribution in [0.1, 0.15) is 6.92 Å². The number of aromatic nitrogens is 1. The Morgan fingerprint density at radius 2 is 2.10 bits per heavy atom. The molecule has 0 atom stereocenters. The first kappa shape index (κ1) is 15.0. The van der Waals surface area contributed by atoms with Gasteiger partial charge in [0.05, 0.1) is 29.1 Å². The number of pyridine rings is 1. The quantitative estimate of drug-likeness (QED) is 0.824. The van der Waals surface area contributed by atoms with Gasteiger partial charge in [-0.2, -0.15) is 0 Å². The molecule has 0 radical (unpaired) electrons. The first-order valence-corrected chi connectivity index (χ1v) is 7.57. The summed E-state index contributed by atoms with van der Waals surface area (Å²) >= 11 is 0. The fourth-order valence-corrected chi connectivity index (χ4v) is 2.66.